The summed E-state index contributed by atoms with van der Waals surface area (Å²) in [6, 6.07) is 6.90. The Balaban J connectivity index is 1.72. The maximum atomic E-state index is 14.5. The quantitative estimate of drug-likeness (QED) is 0.229. The number of aliphatic hydroxyl groups excluding tert-OH is 1. The van der Waals surface area contributed by atoms with Gasteiger partial charge in [0.2, 0.25) is 17.7 Å². The van der Waals surface area contributed by atoms with Crippen LogP contribution in [0.25, 0.3) is 0 Å². The molecule has 46 heavy (non-hydrogen) atoms. The number of amides is 3. The molecule has 8 atom stereocenters. The number of nitrogens with zero attached hydrogens (tertiary/aromatic N) is 3. The number of likely N-dealkylation sites (N-methyl/N-ethyl adjacent to an activating group) is 1. The van der Waals surface area contributed by atoms with E-state index in [1.54, 1.807) is 29.0 Å². The summed E-state index contributed by atoms with van der Waals surface area (Å²) in [6.45, 7) is 16.9. The number of aliphatic hydroxyl groups is 1. The maximum absolute atomic E-state index is 14.5. The average Bonchev–Trinajstić information content (AvgIpc) is 3.68. The van der Waals surface area contributed by atoms with Gasteiger partial charge >= 0.3 is 5.97 Å². The molecular weight excluding hydrogens is 586 g/mol. The van der Waals surface area contributed by atoms with E-state index in [0.29, 0.717) is 19.3 Å². The van der Waals surface area contributed by atoms with Gasteiger partial charge in [-0.1, -0.05) is 56.3 Å². The van der Waals surface area contributed by atoms with Crippen molar-refractivity contribution < 1.29 is 33.8 Å². The minimum atomic E-state index is -1.23. The van der Waals surface area contributed by atoms with Crippen LogP contribution in [0.3, 0.4) is 0 Å². The van der Waals surface area contributed by atoms with Crippen LogP contribution in [0.5, 0.6) is 0 Å². The van der Waals surface area contributed by atoms with Gasteiger partial charge in [-0.2, -0.15) is 0 Å². The summed E-state index contributed by atoms with van der Waals surface area (Å²) >= 11 is 0. The lowest BCUT2D eigenvalue weighted by atomic mass is 9.70. The Morgan fingerprint density at radius 1 is 1.13 bits per heavy atom. The second kappa shape index (κ2) is 14.5. The fraction of sp³-hybridized carbons (Fsp3) is 0.611. The number of rotatable bonds is 15. The molecule has 2 bridgehead atoms. The largest absolute Gasteiger partial charge is 0.455 e. The van der Waals surface area contributed by atoms with E-state index in [1.807, 2.05) is 65.0 Å². The van der Waals surface area contributed by atoms with Crippen molar-refractivity contribution >= 4 is 23.7 Å². The Hall–Kier alpha value is -3.50. The molecule has 3 saturated heterocycles. The lowest BCUT2D eigenvalue weighted by Gasteiger charge is -2.41. The monoisotopic (exact) mass is 637 g/mol. The van der Waals surface area contributed by atoms with Gasteiger partial charge in [0.15, 0.2) is 0 Å². The molecule has 3 aliphatic rings. The number of likely N-dealkylation sites (tertiary alicyclic amines) is 1. The number of benzene rings is 1. The number of esters is 1. The molecule has 0 unspecified atom stereocenters. The van der Waals surface area contributed by atoms with E-state index in [-0.39, 0.29) is 49.3 Å². The van der Waals surface area contributed by atoms with Crippen molar-refractivity contribution in [3.05, 3.63) is 61.2 Å². The van der Waals surface area contributed by atoms with Gasteiger partial charge in [0, 0.05) is 26.1 Å². The number of carbonyl (C=O) groups excluding carboxylic acids is 4. The van der Waals surface area contributed by atoms with Gasteiger partial charge in [0.1, 0.15) is 17.7 Å². The number of hydrogen-bond acceptors (Lipinski definition) is 7. The van der Waals surface area contributed by atoms with E-state index in [4.69, 9.17) is 9.47 Å². The highest BCUT2D eigenvalue weighted by Crippen LogP contribution is 2.59. The molecule has 3 aliphatic heterocycles. The standard InChI is InChI=1S/C36H51N3O7/c1-9-11-17-28(41)37(8)24(7)31(25-15-13-12-14-16-25)45-35(44)29-27-18-19-36(46-27)30(29)33(42)39(26(21-40)22(3)4)32(36)34(43)38(20-10-2)23(5)6/h9-10,12-16,22-24,26-27,29-32,40H,1-2,11,17-21H2,3-8H3/t24-,26+,27+,29-,30-,31+,32+,36-/m1/s1. The molecule has 3 amide bonds. The SMILES string of the molecule is C=CCCC(=O)N(C)[C@H](C)[C@H](OC(=O)[C@@H]1[C@@H]2CC[C@]3(O2)[C@H](C(=O)N(CC=C)C(C)C)N([C@@H](CO)C(C)C)C(=O)[C@@H]13)c1ccccc1. The van der Waals surface area contributed by atoms with Gasteiger partial charge in [-0.15, -0.1) is 13.2 Å². The summed E-state index contributed by atoms with van der Waals surface area (Å²) in [5.74, 6) is -3.41. The van der Waals surface area contributed by atoms with Gasteiger partial charge in [0.05, 0.1) is 36.6 Å². The number of fused-ring (bicyclic) bond motifs is 1. The van der Waals surface area contributed by atoms with Crippen molar-refractivity contribution in [2.45, 2.75) is 102 Å². The third-order valence-corrected chi connectivity index (χ3v) is 10.2. The Labute approximate surface area is 273 Å². The number of ether oxygens (including phenoxy) is 2. The van der Waals surface area contributed by atoms with Crippen molar-refractivity contribution in [2.75, 3.05) is 20.2 Å². The van der Waals surface area contributed by atoms with E-state index >= 15 is 0 Å². The number of hydrogen-bond donors (Lipinski definition) is 1. The zero-order valence-electron chi connectivity index (χ0n) is 28.1. The molecule has 10 heteroatoms. The van der Waals surface area contributed by atoms with Crippen LogP contribution in [0, 0.1) is 17.8 Å². The molecule has 0 aliphatic carbocycles. The topological polar surface area (TPSA) is 117 Å². The van der Waals surface area contributed by atoms with Gasteiger partial charge in [-0.05, 0) is 51.5 Å². The maximum Gasteiger partial charge on any atom is 0.313 e. The van der Waals surface area contributed by atoms with E-state index in [0.717, 1.165) is 5.56 Å². The van der Waals surface area contributed by atoms with Crippen molar-refractivity contribution in [1.82, 2.24) is 14.7 Å². The molecule has 1 aromatic rings. The van der Waals surface area contributed by atoms with Crippen LogP contribution in [0.15, 0.2) is 55.6 Å². The van der Waals surface area contributed by atoms with Gasteiger partial charge in [0.25, 0.3) is 0 Å². The van der Waals surface area contributed by atoms with E-state index in [1.165, 1.54) is 4.90 Å². The van der Waals surface area contributed by atoms with Crippen molar-refractivity contribution in [3.8, 4) is 0 Å². The molecule has 252 valence electrons. The second-order valence-corrected chi connectivity index (χ2v) is 13.5. The average molecular weight is 638 g/mol. The minimum absolute atomic E-state index is 0.104. The second-order valence-electron chi connectivity index (χ2n) is 13.5. The first kappa shape index (κ1) is 35.4. The fourth-order valence-electron chi connectivity index (χ4n) is 7.59. The van der Waals surface area contributed by atoms with E-state index in [2.05, 4.69) is 13.2 Å². The molecular formula is C36H51N3O7. The van der Waals surface area contributed by atoms with Crippen LogP contribution >= 0.6 is 0 Å². The Kier molecular flexibility index (Phi) is 11.2. The molecule has 0 radical (unpaired) electrons. The predicted molar refractivity (Wildman–Crippen MR) is 174 cm³/mol. The molecule has 4 rings (SSSR count). The summed E-state index contributed by atoms with van der Waals surface area (Å²) in [5.41, 5.74) is -0.514. The number of carbonyl (C=O) groups is 4. The van der Waals surface area contributed by atoms with Crippen molar-refractivity contribution in [2.24, 2.45) is 17.8 Å². The van der Waals surface area contributed by atoms with Crippen LogP contribution < -0.4 is 0 Å². The first-order valence-electron chi connectivity index (χ1n) is 16.5. The lowest BCUT2D eigenvalue weighted by Crippen LogP contribution is -2.60. The Bertz CT molecular complexity index is 1300. The zero-order chi connectivity index (χ0) is 33.9. The van der Waals surface area contributed by atoms with Crippen LogP contribution in [-0.4, -0.2) is 99.6 Å². The number of allylic oxidation sites excluding steroid dienone is 1. The molecule has 0 saturated carbocycles. The van der Waals surface area contributed by atoms with Crippen molar-refractivity contribution in [3.63, 3.8) is 0 Å². The molecule has 1 N–H and O–H groups in total. The molecule has 0 aromatic heterocycles. The summed E-state index contributed by atoms with van der Waals surface area (Å²) < 4.78 is 12.9. The van der Waals surface area contributed by atoms with Crippen LogP contribution in [0.4, 0.5) is 0 Å². The third-order valence-electron chi connectivity index (χ3n) is 10.2. The highest BCUT2D eigenvalue weighted by molar-refractivity contribution is 5.98. The fourth-order valence-corrected chi connectivity index (χ4v) is 7.59. The lowest BCUT2D eigenvalue weighted by molar-refractivity contribution is -0.165. The molecule has 10 nitrogen and oxygen atoms in total. The third kappa shape index (κ3) is 6.26. The smallest absolute Gasteiger partial charge is 0.313 e. The van der Waals surface area contributed by atoms with Crippen LogP contribution in [0.2, 0.25) is 0 Å². The van der Waals surface area contributed by atoms with Crippen LogP contribution in [0.1, 0.15) is 72.0 Å². The highest BCUT2D eigenvalue weighted by Gasteiger charge is 2.76. The Morgan fingerprint density at radius 2 is 1.80 bits per heavy atom. The van der Waals surface area contributed by atoms with Gasteiger partial charge in [-0.25, -0.2) is 0 Å². The highest BCUT2D eigenvalue weighted by atomic mass is 16.6. The summed E-state index contributed by atoms with van der Waals surface area (Å²) in [5, 5.41) is 10.5. The molecule has 3 fully saturated rings. The van der Waals surface area contributed by atoms with Gasteiger partial charge < -0.3 is 29.3 Å². The molecule has 3 heterocycles. The van der Waals surface area contributed by atoms with Crippen molar-refractivity contribution in [1.29, 1.82) is 0 Å². The zero-order valence-corrected chi connectivity index (χ0v) is 28.1. The summed E-state index contributed by atoms with van der Waals surface area (Å²) in [4.78, 5) is 61.0. The van der Waals surface area contributed by atoms with E-state index in [9.17, 15) is 24.3 Å². The van der Waals surface area contributed by atoms with Gasteiger partial charge in [-0.3, -0.25) is 19.2 Å². The summed E-state index contributed by atoms with van der Waals surface area (Å²) in [6.07, 6.45) is 3.66. The normalized spacial score (nSPS) is 26.9. The van der Waals surface area contributed by atoms with Crippen LogP contribution in [-0.2, 0) is 28.7 Å². The van der Waals surface area contributed by atoms with E-state index < -0.39 is 53.7 Å². The predicted octanol–water partition coefficient (Wildman–Crippen LogP) is 3.90. The first-order chi connectivity index (χ1) is 21.9. The summed E-state index contributed by atoms with van der Waals surface area (Å²) in [7, 11) is 1.69. The molecule has 1 spiro atoms. The Morgan fingerprint density at radius 3 is 2.37 bits per heavy atom. The first-order valence-corrected chi connectivity index (χ1v) is 16.5. The molecule has 1 aromatic carbocycles. The minimum Gasteiger partial charge on any atom is -0.455 e.